The molecule has 3 rings (SSSR count). The van der Waals surface area contributed by atoms with Gasteiger partial charge < -0.3 is 10.2 Å². The van der Waals surface area contributed by atoms with Crippen LogP contribution in [0.5, 0.6) is 0 Å². The van der Waals surface area contributed by atoms with Gasteiger partial charge in [0.15, 0.2) is 0 Å². The van der Waals surface area contributed by atoms with Gasteiger partial charge in [0.05, 0.1) is 0 Å². The first kappa shape index (κ1) is 15.1. The van der Waals surface area contributed by atoms with Crippen LogP contribution in [0.2, 0.25) is 0 Å². The maximum absolute atomic E-state index is 13.7. The second-order valence-corrected chi connectivity index (χ2v) is 5.81. The highest BCUT2D eigenvalue weighted by atomic mass is 19.1. The molecule has 22 heavy (non-hydrogen) atoms. The Morgan fingerprint density at radius 1 is 1.18 bits per heavy atom. The van der Waals surface area contributed by atoms with Gasteiger partial charge in [-0.2, -0.15) is 4.39 Å². The molecule has 1 unspecified atom stereocenters. The average molecular weight is 299 g/mol. The number of hydrogen-bond donors (Lipinski definition) is 1. The van der Waals surface area contributed by atoms with Crippen LogP contribution in [0.3, 0.4) is 0 Å². The molecule has 1 saturated heterocycles. The molecule has 2 aromatic rings. The normalized spacial score (nSPS) is 16.8. The Morgan fingerprint density at radius 3 is 2.55 bits per heavy atom. The van der Waals surface area contributed by atoms with Gasteiger partial charge in [-0.15, -0.1) is 0 Å². The van der Waals surface area contributed by atoms with Crippen LogP contribution in [-0.4, -0.2) is 36.6 Å². The van der Waals surface area contributed by atoms with Crippen molar-refractivity contribution in [1.29, 1.82) is 0 Å². The van der Waals surface area contributed by atoms with Crippen LogP contribution in [0.15, 0.2) is 42.6 Å². The topological polar surface area (TPSA) is 28.2 Å². The van der Waals surface area contributed by atoms with Gasteiger partial charge in [-0.3, -0.25) is 0 Å². The third-order valence-electron chi connectivity index (χ3n) is 4.37. The van der Waals surface area contributed by atoms with Crippen LogP contribution in [-0.2, 0) is 0 Å². The molecule has 1 aliphatic heterocycles. The van der Waals surface area contributed by atoms with Gasteiger partial charge in [0.25, 0.3) is 0 Å². The lowest BCUT2D eigenvalue weighted by molar-refractivity contribution is 0.299. The lowest BCUT2D eigenvalue weighted by Crippen LogP contribution is -2.31. The fourth-order valence-electron chi connectivity index (χ4n) is 3.08. The summed E-state index contributed by atoms with van der Waals surface area (Å²) in [6.07, 6.45) is 4.07. The van der Waals surface area contributed by atoms with Crippen LogP contribution in [0.1, 0.15) is 24.4 Å². The second kappa shape index (κ2) is 6.99. The Bertz CT molecular complexity index is 606. The number of halogens is 1. The van der Waals surface area contributed by atoms with Gasteiger partial charge in [-0.1, -0.05) is 24.3 Å². The highest BCUT2D eigenvalue weighted by Crippen LogP contribution is 2.24. The Morgan fingerprint density at radius 2 is 1.91 bits per heavy atom. The summed E-state index contributed by atoms with van der Waals surface area (Å²) >= 11 is 0. The lowest BCUT2D eigenvalue weighted by Gasteiger charge is -2.23. The number of pyridine rings is 1. The molecule has 1 aliphatic rings. The SMILES string of the molecule is CNC(CN1CCCC1)c1ccc(-c2cccnc2F)cc1. The van der Waals surface area contributed by atoms with Crippen molar-refractivity contribution >= 4 is 0 Å². The van der Waals surface area contributed by atoms with E-state index < -0.39 is 5.95 Å². The first-order chi connectivity index (χ1) is 10.8. The molecule has 1 aromatic heterocycles. The highest BCUT2D eigenvalue weighted by molar-refractivity contribution is 5.63. The van der Waals surface area contributed by atoms with Gasteiger partial charge in [0.1, 0.15) is 0 Å². The van der Waals surface area contributed by atoms with Crippen molar-refractivity contribution in [2.24, 2.45) is 0 Å². The standard InChI is InChI=1S/C18H22FN3/c1-20-17(13-22-11-2-3-12-22)15-8-6-14(7-9-15)16-5-4-10-21-18(16)19/h4-10,17,20H,2-3,11-13H2,1H3. The molecule has 4 heteroatoms. The molecule has 0 amide bonds. The molecule has 1 atom stereocenters. The van der Waals surface area contributed by atoms with Crippen molar-refractivity contribution < 1.29 is 4.39 Å². The van der Waals surface area contributed by atoms with Crippen LogP contribution in [0.4, 0.5) is 4.39 Å². The number of nitrogens with zero attached hydrogens (tertiary/aromatic N) is 2. The predicted octanol–water partition coefficient (Wildman–Crippen LogP) is 3.24. The van der Waals surface area contributed by atoms with E-state index in [-0.39, 0.29) is 0 Å². The number of hydrogen-bond acceptors (Lipinski definition) is 3. The summed E-state index contributed by atoms with van der Waals surface area (Å²) in [5.74, 6) is -0.419. The predicted molar refractivity (Wildman–Crippen MR) is 87.1 cm³/mol. The number of rotatable bonds is 5. The minimum atomic E-state index is -0.419. The fourth-order valence-corrected chi connectivity index (χ4v) is 3.08. The molecule has 0 bridgehead atoms. The molecule has 1 fully saturated rings. The maximum Gasteiger partial charge on any atom is 0.220 e. The summed E-state index contributed by atoms with van der Waals surface area (Å²) in [6.45, 7) is 3.41. The zero-order valence-electron chi connectivity index (χ0n) is 12.9. The molecule has 3 nitrogen and oxygen atoms in total. The number of benzene rings is 1. The van der Waals surface area contributed by atoms with E-state index in [1.165, 1.54) is 37.7 Å². The minimum absolute atomic E-state index is 0.311. The third kappa shape index (κ3) is 3.34. The molecular formula is C18H22FN3. The third-order valence-corrected chi connectivity index (χ3v) is 4.37. The summed E-state index contributed by atoms with van der Waals surface area (Å²) in [5, 5.41) is 3.39. The molecule has 2 heterocycles. The van der Waals surface area contributed by atoms with E-state index in [0.29, 0.717) is 11.6 Å². The van der Waals surface area contributed by atoms with Crippen molar-refractivity contribution in [2.45, 2.75) is 18.9 Å². The first-order valence-electron chi connectivity index (χ1n) is 7.88. The number of aromatic nitrogens is 1. The van der Waals surface area contributed by atoms with Crippen molar-refractivity contribution in [2.75, 3.05) is 26.7 Å². The first-order valence-corrected chi connectivity index (χ1v) is 7.88. The lowest BCUT2D eigenvalue weighted by atomic mass is 10.0. The number of likely N-dealkylation sites (tertiary alicyclic amines) is 1. The Balaban J connectivity index is 1.76. The Hall–Kier alpha value is -1.78. The summed E-state index contributed by atoms with van der Waals surface area (Å²) < 4.78 is 13.7. The van der Waals surface area contributed by atoms with Gasteiger partial charge in [0, 0.05) is 24.3 Å². The summed E-state index contributed by atoms with van der Waals surface area (Å²) in [5.41, 5.74) is 2.66. The van der Waals surface area contributed by atoms with Crippen molar-refractivity contribution in [3.8, 4) is 11.1 Å². The molecule has 116 valence electrons. The number of nitrogens with one attached hydrogen (secondary N) is 1. The minimum Gasteiger partial charge on any atom is -0.312 e. The van der Waals surface area contributed by atoms with Crippen LogP contribution in [0.25, 0.3) is 11.1 Å². The molecular weight excluding hydrogens is 277 g/mol. The molecule has 0 aliphatic carbocycles. The Kier molecular flexibility index (Phi) is 4.80. The average Bonchev–Trinajstić information content (AvgIpc) is 3.06. The zero-order valence-corrected chi connectivity index (χ0v) is 12.9. The summed E-state index contributed by atoms with van der Waals surface area (Å²) in [6, 6.07) is 11.9. The van der Waals surface area contributed by atoms with E-state index >= 15 is 0 Å². The quantitative estimate of drug-likeness (QED) is 0.859. The highest BCUT2D eigenvalue weighted by Gasteiger charge is 2.17. The molecule has 1 aromatic carbocycles. The zero-order chi connectivity index (χ0) is 15.4. The second-order valence-electron chi connectivity index (χ2n) is 5.81. The fraction of sp³-hybridized carbons (Fsp3) is 0.389. The smallest absolute Gasteiger partial charge is 0.220 e. The molecule has 0 radical (unpaired) electrons. The van der Waals surface area contributed by atoms with E-state index in [0.717, 1.165) is 12.1 Å². The van der Waals surface area contributed by atoms with Crippen LogP contribution < -0.4 is 5.32 Å². The summed E-state index contributed by atoms with van der Waals surface area (Å²) in [7, 11) is 2.00. The van der Waals surface area contributed by atoms with Gasteiger partial charge in [-0.05, 0) is 56.2 Å². The van der Waals surface area contributed by atoms with Crippen molar-refractivity contribution in [3.05, 3.63) is 54.1 Å². The van der Waals surface area contributed by atoms with Gasteiger partial charge >= 0.3 is 0 Å². The maximum atomic E-state index is 13.7. The van der Waals surface area contributed by atoms with Crippen LogP contribution in [0, 0.1) is 5.95 Å². The molecule has 0 saturated carbocycles. The van der Waals surface area contributed by atoms with Gasteiger partial charge in [0.2, 0.25) is 5.95 Å². The van der Waals surface area contributed by atoms with E-state index in [4.69, 9.17) is 0 Å². The van der Waals surface area contributed by atoms with Crippen molar-refractivity contribution in [1.82, 2.24) is 15.2 Å². The van der Waals surface area contributed by atoms with Crippen molar-refractivity contribution in [3.63, 3.8) is 0 Å². The van der Waals surface area contributed by atoms with E-state index in [2.05, 4.69) is 27.3 Å². The Labute approximate surface area is 131 Å². The summed E-state index contributed by atoms with van der Waals surface area (Å²) in [4.78, 5) is 6.21. The van der Waals surface area contributed by atoms with E-state index in [1.54, 1.807) is 12.1 Å². The van der Waals surface area contributed by atoms with E-state index in [9.17, 15) is 4.39 Å². The largest absolute Gasteiger partial charge is 0.312 e. The monoisotopic (exact) mass is 299 g/mol. The van der Waals surface area contributed by atoms with Crippen LogP contribution >= 0.6 is 0 Å². The van der Waals surface area contributed by atoms with Gasteiger partial charge in [-0.25, -0.2) is 4.98 Å². The number of likely N-dealkylation sites (N-methyl/N-ethyl adjacent to an activating group) is 1. The molecule has 0 spiro atoms. The molecule has 1 N–H and O–H groups in total. The van der Waals surface area contributed by atoms with E-state index in [1.807, 2.05) is 19.2 Å².